The van der Waals surface area contributed by atoms with E-state index in [-0.39, 0.29) is 30.6 Å². The lowest BCUT2D eigenvalue weighted by Gasteiger charge is -2.36. The Bertz CT molecular complexity index is 1620. The maximum atomic E-state index is 13.6. The summed E-state index contributed by atoms with van der Waals surface area (Å²) in [6.07, 6.45) is 2.94. The van der Waals surface area contributed by atoms with Gasteiger partial charge in [-0.2, -0.15) is 0 Å². The smallest absolute Gasteiger partial charge is 0.326 e. The van der Waals surface area contributed by atoms with Crippen LogP contribution in [0.5, 0.6) is 0 Å². The van der Waals surface area contributed by atoms with Crippen molar-refractivity contribution >= 4 is 52.5 Å². The summed E-state index contributed by atoms with van der Waals surface area (Å²) in [5.74, 6) is -1.05. The van der Waals surface area contributed by atoms with E-state index >= 15 is 0 Å². The van der Waals surface area contributed by atoms with Crippen molar-refractivity contribution in [3.63, 3.8) is 0 Å². The third-order valence-corrected chi connectivity index (χ3v) is 8.00. The number of amides is 4. The molecular weight excluding hydrogens is 580 g/mol. The van der Waals surface area contributed by atoms with E-state index in [4.69, 9.17) is 16.3 Å². The van der Waals surface area contributed by atoms with Crippen molar-refractivity contribution in [1.29, 1.82) is 0 Å². The Labute approximate surface area is 262 Å². The second-order valence-electron chi connectivity index (χ2n) is 12.1. The zero-order chi connectivity index (χ0) is 31.6. The number of ether oxygens (including phenoxy) is 1. The van der Waals surface area contributed by atoms with Crippen LogP contribution in [0, 0.1) is 6.92 Å². The van der Waals surface area contributed by atoms with Crippen LogP contribution in [0.4, 0.5) is 21.9 Å². The third kappa shape index (κ3) is 6.73. The van der Waals surface area contributed by atoms with Crippen molar-refractivity contribution in [3.8, 4) is 0 Å². The van der Waals surface area contributed by atoms with E-state index in [1.54, 1.807) is 45.0 Å². The number of para-hydroxylation sites is 2. The minimum Gasteiger partial charge on any atom is -0.459 e. The van der Waals surface area contributed by atoms with E-state index in [1.807, 2.05) is 42.2 Å². The van der Waals surface area contributed by atoms with Crippen LogP contribution in [0.2, 0.25) is 5.02 Å². The minimum absolute atomic E-state index is 0.0490. The van der Waals surface area contributed by atoms with Gasteiger partial charge in [0.1, 0.15) is 18.7 Å². The lowest BCUT2D eigenvalue weighted by Crippen LogP contribution is -2.52. The molecule has 2 aliphatic heterocycles. The largest absolute Gasteiger partial charge is 0.459 e. The summed E-state index contributed by atoms with van der Waals surface area (Å²) in [6.45, 7) is 7.41. The molecule has 10 heteroatoms. The number of esters is 1. The summed E-state index contributed by atoms with van der Waals surface area (Å²) in [4.78, 5) is 57.1. The third-order valence-electron chi connectivity index (χ3n) is 7.70. The van der Waals surface area contributed by atoms with Crippen molar-refractivity contribution in [3.05, 3.63) is 87.9 Å². The van der Waals surface area contributed by atoms with E-state index in [2.05, 4.69) is 11.4 Å². The number of fused-ring (bicyclic) bond motifs is 2. The predicted molar refractivity (Wildman–Crippen MR) is 171 cm³/mol. The van der Waals surface area contributed by atoms with Crippen molar-refractivity contribution in [2.75, 3.05) is 34.3 Å². The molecule has 0 saturated heterocycles. The van der Waals surface area contributed by atoms with Gasteiger partial charge in [0, 0.05) is 24.3 Å². The van der Waals surface area contributed by atoms with Crippen molar-refractivity contribution in [2.24, 2.45) is 0 Å². The van der Waals surface area contributed by atoms with Crippen molar-refractivity contribution in [2.45, 2.75) is 59.1 Å². The van der Waals surface area contributed by atoms with E-state index < -0.39 is 23.5 Å². The first-order chi connectivity index (χ1) is 20.9. The molecule has 2 heterocycles. The van der Waals surface area contributed by atoms with E-state index in [9.17, 15) is 19.2 Å². The summed E-state index contributed by atoms with van der Waals surface area (Å²) >= 11 is 6.52. The van der Waals surface area contributed by atoms with Gasteiger partial charge in [-0.25, -0.2) is 4.79 Å². The molecule has 9 nitrogen and oxygen atoms in total. The predicted octanol–water partition coefficient (Wildman–Crippen LogP) is 6.04. The average Bonchev–Trinajstić information content (AvgIpc) is 3.19. The molecule has 0 saturated carbocycles. The Morgan fingerprint density at radius 2 is 1.70 bits per heavy atom. The molecule has 44 heavy (non-hydrogen) atoms. The minimum atomic E-state index is -0.707. The number of hydrogen-bond acceptors (Lipinski definition) is 5. The highest BCUT2D eigenvalue weighted by Crippen LogP contribution is 2.39. The molecule has 0 aromatic heterocycles. The molecule has 2 aliphatic rings. The van der Waals surface area contributed by atoms with Crippen LogP contribution in [0.15, 0.2) is 60.7 Å². The van der Waals surface area contributed by atoms with Gasteiger partial charge < -0.3 is 15.0 Å². The van der Waals surface area contributed by atoms with Gasteiger partial charge >= 0.3 is 12.0 Å². The zero-order valence-corrected chi connectivity index (χ0v) is 26.2. The van der Waals surface area contributed by atoms with Gasteiger partial charge in [-0.05, 0) is 94.0 Å². The molecule has 3 aromatic carbocycles. The van der Waals surface area contributed by atoms with Gasteiger partial charge in [-0.15, -0.1) is 0 Å². The Morgan fingerprint density at radius 3 is 2.45 bits per heavy atom. The summed E-state index contributed by atoms with van der Waals surface area (Å²) < 4.78 is 5.40. The number of benzene rings is 3. The molecule has 3 aromatic rings. The molecule has 0 bridgehead atoms. The van der Waals surface area contributed by atoms with Crippen LogP contribution in [-0.2, 0) is 27.3 Å². The van der Waals surface area contributed by atoms with Crippen LogP contribution in [-0.4, -0.2) is 49.1 Å². The highest BCUT2D eigenvalue weighted by molar-refractivity contribution is 6.35. The first-order valence-corrected chi connectivity index (χ1v) is 15.2. The number of anilines is 3. The number of carbonyl (C=O) groups is 4. The fourth-order valence-corrected chi connectivity index (χ4v) is 5.90. The SMILES string of the molecule is Cc1cc(C(=O)N2CCCCc3ccccc32)ccc1CNC(=O)N1CC(=O)N(CC(=O)OC(C)(C)C)c2cccc(Cl)c21. The Hall–Kier alpha value is -4.37. The molecule has 1 N–H and O–H groups in total. The highest BCUT2D eigenvalue weighted by Gasteiger charge is 2.36. The lowest BCUT2D eigenvalue weighted by atomic mass is 10.0. The number of aryl methyl sites for hydroxylation is 2. The lowest BCUT2D eigenvalue weighted by molar-refractivity contribution is -0.153. The van der Waals surface area contributed by atoms with Gasteiger partial charge in [0.05, 0.1) is 16.4 Å². The number of hydrogen-bond donors (Lipinski definition) is 1. The molecule has 0 radical (unpaired) electrons. The average molecular weight is 617 g/mol. The number of urea groups is 1. The fourth-order valence-electron chi connectivity index (χ4n) is 5.62. The van der Waals surface area contributed by atoms with Gasteiger partial charge in [0.2, 0.25) is 5.91 Å². The second kappa shape index (κ2) is 12.7. The number of nitrogens with zero attached hydrogens (tertiary/aromatic N) is 3. The Balaban J connectivity index is 1.29. The Kier molecular flexibility index (Phi) is 8.97. The number of carbonyl (C=O) groups excluding carboxylic acids is 4. The molecule has 0 atom stereocenters. The van der Waals surface area contributed by atoms with Crippen LogP contribution in [0.25, 0.3) is 0 Å². The van der Waals surface area contributed by atoms with Gasteiger partial charge in [-0.3, -0.25) is 24.2 Å². The number of rotatable bonds is 5. The van der Waals surface area contributed by atoms with E-state index in [0.29, 0.717) is 23.5 Å². The van der Waals surface area contributed by atoms with Gasteiger partial charge in [0.25, 0.3) is 5.91 Å². The van der Waals surface area contributed by atoms with Crippen LogP contribution in [0.1, 0.15) is 60.7 Å². The second-order valence-corrected chi connectivity index (χ2v) is 12.5. The molecule has 0 spiro atoms. The molecule has 0 aliphatic carbocycles. The zero-order valence-electron chi connectivity index (χ0n) is 25.5. The van der Waals surface area contributed by atoms with E-state index in [0.717, 1.165) is 36.1 Å². The normalized spacial score (nSPS) is 14.8. The number of halogens is 1. The topological polar surface area (TPSA) is 99.3 Å². The first kappa shape index (κ1) is 31.1. The maximum Gasteiger partial charge on any atom is 0.326 e. The van der Waals surface area contributed by atoms with Crippen molar-refractivity contribution in [1.82, 2.24) is 5.32 Å². The van der Waals surface area contributed by atoms with Gasteiger partial charge in [-0.1, -0.05) is 41.9 Å². The summed E-state index contributed by atoms with van der Waals surface area (Å²) in [7, 11) is 0. The molecule has 4 amide bonds. The van der Waals surface area contributed by atoms with Crippen LogP contribution < -0.4 is 20.0 Å². The first-order valence-electron chi connectivity index (χ1n) is 14.8. The number of nitrogens with one attached hydrogen (secondary N) is 1. The molecule has 0 fully saturated rings. The molecule has 0 unspecified atom stereocenters. The molecular formula is C34H37ClN4O5. The standard InChI is InChI=1S/C34H37ClN4O5/c1-22-18-24(32(42)37-17-8-7-11-23-10-5-6-13-27(23)37)15-16-25(22)19-36-33(43)39-20-29(40)38(21-30(41)44-34(2,3)4)28-14-9-12-26(35)31(28)39/h5-6,9-10,12-16,18H,7-8,11,17,19-21H2,1-4H3,(H,36,43). The summed E-state index contributed by atoms with van der Waals surface area (Å²) in [5, 5.41) is 3.16. The molecule has 5 rings (SSSR count). The van der Waals surface area contributed by atoms with E-state index in [1.165, 1.54) is 15.4 Å². The monoisotopic (exact) mass is 616 g/mol. The summed E-state index contributed by atoms with van der Waals surface area (Å²) in [6, 6.07) is 18.0. The summed E-state index contributed by atoms with van der Waals surface area (Å²) in [5.41, 5.74) is 4.40. The quantitative estimate of drug-likeness (QED) is 0.353. The highest BCUT2D eigenvalue weighted by atomic mass is 35.5. The van der Waals surface area contributed by atoms with Gasteiger partial charge in [0.15, 0.2) is 0 Å². The Morgan fingerprint density at radius 1 is 0.955 bits per heavy atom. The molecule has 230 valence electrons. The van der Waals surface area contributed by atoms with Crippen molar-refractivity contribution < 1.29 is 23.9 Å². The van der Waals surface area contributed by atoms with Crippen LogP contribution in [0.3, 0.4) is 0 Å². The fraction of sp³-hybridized carbons (Fsp3) is 0.353. The van der Waals surface area contributed by atoms with Crippen LogP contribution >= 0.6 is 11.6 Å². The maximum absolute atomic E-state index is 13.6.